The van der Waals surface area contributed by atoms with Crippen molar-refractivity contribution in [3.8, 4) is 0 Å². The van der Waals surface area contributed by atoms with Gasteiger partial charge in [-0.05, 0) is 25.1 Å². The Balaban J connectivity index is 2.18. The first kappa shape index (κ1) is 13.8. The number of halogens is 1. The number of anilines is 1. The second-order valence-electron chi connectivity index (χ2n) is 3.94. The number of aryl methyl sites for hydroxylation is 1. The van der Waals surface area contributed by atoms with Crippen molar-refractivity contribution < 1.29 is 0 Å². The highest BCUT2D eigenvalue weighted by atomic mass is 35.5. The summed E-state index contributed by atoms with van der Waals surface area (Å²) in [5.74, 6) is 0.853. The largest absolute Gasteiger partial charge is 0.389 e. The minimum absolute atomic E-state index is 0.307. The third kappa shape index (κ3) is 3.21. The molecular formula is C12H14ClN5S. The lowest BCUT2D eigenvalue weighted by molar-refractivity contribution is 0.708. The van der Waals surface area contributed by atoms with Crippen LogP contribution in [0.15, 0.2) is 24.5 Å². The number of nitrogens with two attached hydrogens (primary N) is 1. The van der Waals surface area contributed by atoms with Gasteiger partial charge in [0.05, 0.1) is 6.54 Å². The summed E-state index contributed by atoms with van der Waals surface area (Å²) in [4.78, 5) is 0.307. The topological polar surface area (TPSA) is 68.8 Å². The maximum atomic E-state index is 5.94. The third-order valence-electron chi connectivity index (χ3n) is 2.72. The molecule has 0 saturated carbocycles. The van der Waals surface area contributed by atoms with Gasteiger partial charge in [-0.15, -0.1) is 10.2 Å². The molecule has 1 heterocycles. The Kier molecular flexibility index (Phi) is 4.34. The Labute approximate surface area is 121 Å². The number of aromatic nitrogens is 3. The standard InChI is InChI=1S/C12H14ClN5S/c1-2-18-7-16-17-11(18)6-15-10-4-3-8(13)5-9(10)12(14)19/h3-5,7,15H,2,6H2,1H3,(H2,14,19). The summed E-state index contributed by atoms with van der Waals surface area (Å²) in [5, 5.41) is 11.8. The summed E-state index contributed by atoms with van der Waals surface area (Å²) in [7, 11) is 0. The number of hydrogen-bond donors (Lipinski definition) is 2. The van der Waals surface area contributed by atoms with Crippen LogP contribution in [0, 0.1) is 0 Å². The van der Waals surface area contributed by atoms with Crippen LogP contribution in [-0.4, -0.2) is 19.8 Å². The Morgan fingerprint density at radius 1 is 1.53 bits per heavy atom. The lowest BCUT2D eigenvalue weighted by Gasteiger charge is -2.11. The molecular weight excluding hydrogens is 282 g/mol. The van der Waals surface area contributed by atoms with Crippen molar-refractivity contribution in [3.63, 3.8) is 0 Å². The molecule has 0 spiro atoms. The van der Waals surface area contributed by atoms with Gasteiger partial charge >= 0.3 is 0 Å². The van der Waals surface area contributed by atoms with Gasteiger partial charge in [0, 0.05) is 22.8 Å². The maximum absolute atomic E-state index is 5.94. The van der Waals surface area contributed by atoms with Gasteiger partial charge in [0.2, 0.25) is 0 Å². The van der Waals surface area contributed by atoms with Gasteiger partial charge in [0.1, 0.15) is 11.3 Å². The summed E-state index contributed by atoms with van der Waals surface area (Å²) in [6, 6.07) is 5.39. The van der Waals surface area contributed by atoms with E-state index in [4.69, 9.17) is 29.6 Å². The Hall–Kier alpha value is -1.66. The zero-order chi connectivity index (χ0) is 13.8. The summed E-state index contributed by atoms with van der Waals surface area (Å²) in [6.45, 7) is 3.41. The molecule has 1 aromatic heterocycles. The molecule has 1 aromatic carbocycles. The predicted molar refractivity (Wildman–Crippen MR) is 80.4 cm³/mol. The maximum Gasteiger partial charge on any atom is 0.152 e. The number of benzene rings is 1. The Bertz CT molecular complexity index is 596. The monoisotopic (exact) mass is 295 g/mol. The fourth-order valence-corrected chi connectivity index (χ4v) is 2.07. The van der Waals surface area contributed by atoms with E-state index >= 15 is 0 Å². The van der Waals surface area contributed by atoms with Crippen molar-refractivity contribution in [2.75, 3.05) is 5.32 Å². The van der Waals surface area contributed by atoms with E-state index in [1.54, 1.807) is 18.5 Å². The zero-order valence-electron chi connectivity index (χ0n) is 10.4. The number of rotatable bonds is 5. The average molecular weight is 296 g/mol. The number of hydrogen-bond acceptors (Lipinski definition) is 4. The summed E-state index contributed by atoms with van der Waals surface area (Å²) in [5.41, 5.74) is 7.25. The van der Waals surface area contributed by atoms with Gasteiger partial charge in [-0.2, -0.15) is 0 Å². The molecule has 0 aliphatic rings. The molecule has 0 saturated heterocycles. The molecule has 2 aromatic rings. The first-order chi connectivity index (χ1) is 9.11. The van der Waals surface area contributed by atoms with Crippen molar-refractivity contribution in [3.05, 3.63) is 40.9 Å². The Morgan fingerprint density at radius 2 is 2.32 bits per heavy atom. The second kappa shape index (κ2) is 5.99. The van der Waals surface area contributed by atoms with Gasteiger partial charge in [-0.3, -0.25) is 0 Å². The van der Waals surface area contributed by atoms with Crippen molar-refractivity contribution in [2.24, 2.45) is 5.73 Å². The van der Waals surface area contributed by atoms with E-state index in [9.17, 15) is 0 Å². The van der Waals surface area contributed by atoms with Crippen LogP contribution in [0.4, 0.5) is 5.69 Å². The predicted octanol–water partition coefficient (Wildman–Crippen LogP) is 2.20. The first-order valence-corrected chi connectivity index (χ1v) is 6.60. The van der Waals surface area contributed by atoms with Crippen molar-refractivity contribution >= 4 is 34.5 Å². The van der Waals surface area contributed by atoms with E-state index in [1.807, 2.05) is 17.6 Å². The van der Waals surface area contributed by atoms with Crippen molar-refractivity contribution in [1.29, 1.82) is 0 Å². The highest BCUT2D eigenvalue weighted by Gasteiger charge is 2.08. The zero-order valence-corrected chi connectivity index (χ0v) is 12.0. The van der Waals surface area contributed by atoms with Gasteiger partial charge in [-0.1, -0.05) is 23.8 Å². The minimum Gasteiger partial charge on any atom is -0.389 e. The van der Waals surface area contributed by atoms with E-state index in [0.29, 0.717) is 16.6 Å². The highest BCUT2D eigenvalue weighted by Crippen LogP contribution is 2.21. The molecule has 7 heteroatoms. The molecule has 0 amide bonds. The molecule has 0 unspecified atom stereocenters. The molecule has 5 nitrogen and oxygen atoms in total. The smallest absolute Gasteiger partial charge is 0.152 e. The molecule has 0 radical (unpaired) electrons. The van der Waals surface area contributed by atoms with Crippen LogP contribution in [0.3, 0.4) is 0 Å². The summed E-state index contributed by atoms with van der Waals surface area (Å²) < 4.78 is 1.96. The van der Waals surface area contributed by atoms with Gasteiger partial charge in [0.25, 0.3) is 0 Å². The van der Waals surface area contributed by atoms with Crippen LogP contribution in [0.1, 0.15) is 18.3 Å². The third-order valence-corrected chi connectivity index (χ3v) is 3.18. The van der Waals surface area contributed by atoms with E-state index in [1.165, 1.54) is 0 Å². The van der Waals surface area contributed by atoms with Gasteiger partial charge in [0.15, 0.2) is 5.82 Å². The molecule has 0 atom stereocenters. The van der Waals surface area contributed by atoms with Gasteiger partial charge < -0.3 is 15.6 Å². The highest BCUT2D eigenvalue weighted by molar-refractivity contribution is 7.80. The quantitative estimate of drug-likeness (QED) is 0.828. The summed E-state index contributed by atoms with van der Waals surface area (Å²) >= 11 is 11.0. The normalized spacial score (nSPS) is 10.4. The summed E-state index contributed by atoms with van der Waals surface area (Å²) in [6.07, 6.45) is 1.70. The van der Waals surface area contributed by atoms with Crippen LogP contribution >= 0.6 is 23.8 Å². The van der Waals surface area contributed by atoms with E-state index < -0.39 is 0 Å². The van der Waals surface area contributed by atoms with Crippen LogP contribution < -0.4 is 11.1 Å². The second-order valence-corrected chi connectivity index (χ2v) is 4.82. The van der Waals surface area contributed by atoms with Crippen molar-refractivity contribution in [2.45, 2.75) is 20.0 Å². The molecule has 19 heavy (non-hydrogen) atoms. The number of thiocarbonyl (C=S) groups is 1. The average Bonchev–Trinajstić information content (AvgIpc) is 2.84. The van der Waals surface area contributed by atoms with Crippen LogP contribution in [0.5, 0.6) is 0 Å². The Morgan fingerprint density at radius 3 is 3.00 bits per heavy atom. The SMILES string of the molecule is CCn1cnnc1CNc1ccc(Cl)cc1C(N)=S. The number of nitrogens with zero attached hydrogens (tertiary/aromatic N) is 3. The molecule has 0 fully saturated rings. The van der Waals surface area contributed by atoms with Crippen LogP contribution in [-0.2, 0) is 13.1 Å². The molecule has 100 valence electrons. The van der Waals surface area contributed by atoms with Gasteiger partial charge in [-0.25, -0.2) is 0 Å². The molecule has 0 bridgehead atoms. The van der Waals surface area contributed by atoms with E-state index in [2.05, 4.69) is 15.5 Å². The van der Waals surface area contributed by atoms with E-state index in [-0.39, 0.29) is 0 Å². The minimum atomic E-state index is 0.307. The van der Waals surface area contributed by atoms with E-state index in [0.717, 1.165) is 23.6 Å². The fraction of sp³-hybridized carbons (Fsp3) is 0.250. The molecule has 0 aliphatic heterocycles. The molecule has 3 N–H and O–H groups in total. The van der Waals surface area contributed by atoms with Crippen LogP contribution in [0.25, 0.3) is 0 Å². The first-order valence-electron chi connectivity index (χ1n) is 5.81. The van der Waals surface area contributed by atoms with Crippen LogP contribution in [0.2, 0.25) is 5.02 Å². The molecule has 0 aliphatic carbocycles. The number of nitrogens with one attached hydrogen (secondary N) is 1. The lowest BCUT2D eigenvalue weighted by Crippen LogP contribution is -2.14. The lowest BCUT2D eigenvalue weighted by atomic mass is 10.2. The fourth-order valence-electron chi connectivity index (χ4n) is 1.73. The van der Waals surface area contributed by atoms with Crippen molar-refractivity contribution in [1.82, 2.24) is 14.8 Å². The molecule has 2 rings (SSSR count).